The number of amides is 1. The van der Waals surface area contributed by atoms with Crippen LogP contribution < -0.4 is 5.32 Å². The van der Waals surface area contributed by atoms with Crippen molar-refractivity contribution in [3.63, 3.8) is 0 Å². The number of hydrogen-bond donors (Lipinski definition) is 2. The summed E-state index contributed by atoms with van der Waals surface area (Å²) in [6.45, 7) is 0. The Labute approximate surface area is 144 Å². The second-order valence-corrected chi connectivity index (χ2v) is 6.68. The Hall–Kier alpha value is -2.47. The van der Waals surface area contributed by atoms with Gasteiger partial charge >= 0.3 is 5.97 Å². The van der Waals surface area contributed by atoms with Crippen LogP contribution in [0.5, 0.6) is 0 Å². The van der Waals surface area contributed by atoms with E-state index in [4.69, 9.17) is 5.11 Å². The van der Waals surface area contributed by atoms with Gasteiger partial charge in [-0.2, -0.15) is 0 Å². The molecule has 0 radical (unpaired) electrons. The van der Waals surface area contributed by atoms with Gasteiger partial charge in [0.2, 0.25) is 5.91 Å². The summed E-state index contributed by atoms with van der Waals surface area (Å²) in [7, 11) is 0. The van der Waals surface area contributed by atoms with Gasteiger partial charge in [-0.1, -0.05) is 18.2 Å². The minimum absolute atomic E-state index is 0.0293. The van der Waals surface area contributed by atoms with Crippen molar-refractivity contribution in [2.75, 3.05) is 5.32 Å². The van der Waals surface area contributed by atoms with Crippen LogP contribution in [-0.2, 0) is 9.59 Å². The largest absolute Gasteiger partial charge is 0.481 e. The van der Waals surface area contributed by atoms with Crippen molar-refractivity contribution in [1.29, 1.82) is 0 Å². The highest BCUT2D eigenvalue weighted by Gasteiger charge is 2.25. The molecule has 124 valence electrons. The minimum Gasteiger partial charge on any atom is -0.481 e. The Morgan fingerprint density at radius 3 is 2.88 bits per heavy atom. The van der Waals surface area contributed by atoms with E-state index in [1.54, 1.807) is 17.4 Å². The fraction of sp³-hybridized carbons (Fsp3) is 0.278. The molecule has 0 aliphatic heterocycles. The number of carbonyl (C=O) groups excluding carboxylic acids is 1. The van der Waals surface area contributed by atoms with Gasteiger partial charge in [-0.05, 0) is 36.6 Å². The molecule has 1 fully saturated rings. The first-order valence-electron chi connectivity index (χ1n) is 7.85. The smallest absolute Gasteiger partial charge is 0.303 e. The Balaban J connectivity index is 1.60. The summed E-state index contributed by atoms with van der Waals surface area (Å²) in [5.41, 5.74) is 2.80. The molecule has 1 amide bonds. The second kappa shape index (κ2) is 7.40. The van der Waals surface area contributed by atoms with Gasteiger partial charge in [0.05, 0.1) is 12.1 Å². The Morgan fingerprint density at radius 2 is 2.12 bits per heavy atom. The highest BCUT2D eigenvalue weighted by atomic mass is 32.1. The minimum atomic E-state index is -0.976. The molecule has 0 atom stereocenters. The number of aliphatic carboxylic acids is 1. The summed E-state index contributed by atoms with van der Waals surface area (Å²) in [6, 6.07) is 7.43. The molecule has 3 rings (SSSR count). The maximum Gasteiger partial charge on any atom is 0.303 e. The SMILES string of the molecule is O=C(O)CCC(=O)Nc1cccc(C=Cc2nc(C3CC3)cs2)c1. The molecule has 24 heavy (non-hydrogen) atoms. The van der Waals surface area contributed by atoms with E-state index in [0.29, 0.717) is 11.6 Å². The van der Waals surface area contributed by atoms with Crippen LogP contribution in [-0.4, -0.2) is 22.0 Å². The molecule has 2 N–H and O–H groups in total. The van der Waals surface area contributed by atoms with Gasteiger partial charge in [0.15, 0.2) is 0 Å². The first kappa shape index (κ1) is 16.4. The summed E-state index contributed by atoms with van der Waals surface area (Å²) < 4.78 is 0. The van der Waals surface area contributed by atoms with Crippen LogP contribution >= 0.6 is 11.3 Å². The van der Waals surface area contributed by atoms with Crippen LogP contribution in [0.25, 0.3) is 12.2 Å². The highest BCUT2D eigenvalue weighted by Crippen LogP contribution is 2.40. The van der Waals surface area contributed by atoms with E-state index in [0.717, 1.165) is 10.6 Å². The predicted octanol–water partition coefficient (Wildman–Crippen LogP) is 3.99. The normalized spacial score (nSPS) is 14.0. The summed E-state index contributed by atoms with van der Waals surface area (Å²) in [5.74, 6) is -0.615. The van der Waals surface area contributed by atoms with Crippen LogP contribution in [0.4, 0.5) is 5.69 Å². The molecular weight excluding hydrogens is 324 g/mol. The number of carboxylic acids is 1. The lowest BCUT2D eigenvalue weighted by atomic mass is 10.2. The Bertz CT molecular complexity index is 778. The average Bonchev–Trinajstić information content (AvgIpc) is 3.30. The van der Waals surface area contributed by atoms with Crippen molar-refractivity contribution < 1.29 is 14.7 Å². The zero-order chi connectivity index (χ0) is 16.9. The summed E-state index contributed by atoms with van der Waals surface area (Å²) in [5, 5.41) is 14.4. The first-order chi connectivity index (χ1) is 11.6. The molecule has 6 heteroatoms. The number of hydrogen-bond acceptors (Lipinski definition) is 4. The van der Waals surface area contributed by atoms with Gasteiger partial charge in [0.25, 0.3) is 0 Å². The maximum atomic E-state index is 11.7. The van der Waals surface area contributed by atoms with Crippen molar-refractivity contribution in [3.8, 4) is 0 Å². The van der Waals surface area contributed by atoms with E-state index in [1.807, 2.05) is 30.4 Å². The molecule has 1 saturated carbocycles. The number of thiazole rings is 1. The number of carbonyl (C=O) groups is 2. The topological polar surface area (TPSA) is 79.3 Å². The van der Waals surface area contributed by atoms with Gasteiger partial charge in [-0.25, -0.2) is 4.98 Å². The van der Waals surface area contributed by atoms with Crippen LogP contribution in [0, 0.1) is 0 Å². The molecular formula is C18H18N2O3S. The third-order valence-corrected chi connectivity index (χ3v) is 4.52. The van der Waals surface area contributed by atoms with Crippen LogP contribution in [0.2, 0.25) is 0 Å². The van der Waals surface area contributed by atoms with Gasteiger partial charge in [-0.15, -0.1) is 11.3 Å². The van der Waals surface area contributed by atoms with E-state index in [9.17, 15) is 9.59 Å². The number of benzene rings is 1. The fourth-order valence-corrected chi connectivity index (χ4v) is 3.07. The predicted molar refractivity (Wildman–Crippen MR) is 95.0 cm³/mol. The quantitative estimate of drug-likeness (QED) is 0.797. The number of rotatable bonds is 7. The van der Waals surface area contributed by atoms with Crippen molar-refractivity contribution >= 4 is 41.1 Å². The van der Waals surface area contributed by atoms with E-state index in [2.05, 4.69) is 15.7 Å². The van der Waals surface area contributed by atoms with Crippen molar-refractivity contribution in [1.82, 2.24) is 4.98 Å². The fourth-order valence-electron chi connectivity index (χ4n) is 2.28. The zero-order valence-corrected chi connectivity index (χ0v) is 13.9. The third kappa shape index (κ3) is 4.76. The number of aromatic nitrogens is 1. The maximum absolute atomic E-state index is 11.7. The highest BCUT2D eigenvalue weighted by molar-refractivity contribution is 7.10. The van der Waals surface area contributed by atoms with Gasteiger partial charge in [-0.3, -0.25) is 9.59 Å². The summed E-state index contributed by atoms with van der Waals surface area (Å²) in [4.78, 5) is 26.8. The molecule has 1 aromatic carbocycles. The van der Waals surface area contributed by atoms with E-state index in [1.165, 1.54) is 18.5 Å². The number of nitrogens with zero attached hydrogens (tertiary/aromatic N) is 1. The molecule has 1 aromatic heterocycles. The molecule has 2 aromatic rings. The lowest BCUT2D eigenvalue weighted by molar-refractivity contribution is -0.138. The average molecular weight is 342 g/mol. The van der Waals surface area contributed by atoms with Gasteiger partial charge in [0, 0.05) is 23.4 Å². The van der Waals surface area contributed by atoms with Crippen molar-refractivity contribution in [2.24, 2.45) is 0 Å². The van der Waals surface area contributed by atoms with E-state index >= 15 is 0 Å². The van der Waals surface area contributed by atoms with Crippen LogP contribution in [0.1, 0.15) is 47.9 Å². The Kier molecular flexibility index (Phi) is 5.05. The van der Waals surface area contributed by atoms with Crippen molar-refractivity contribution in [3.05, 3.63) is 45.9 Å². The summed E-state index contributed by atoms with van der Waals surface area (Å²) >= 11 is 1.64. The van der Waals surface area contributed by atoms with Crippen LogP contribution in [0.15, 0.2) is 29.6 Å². The molecule has 0 spiro atoms. The lowest BCUT2D eigenvalue weighted by Crippen LogP contribution is -2.13. The standard InChI is InChI=1S/C18H18N2O3S/c21-16(7-9-18(22)23)19-14-3-1-2-12(10-14)4-8-17-20-15(11-24-17)13-5-6-13/h1-4,8,10-11,13H,5-7,9H2,(H,19,21)(H,22,23). The van der Waals surface area contributed by atoms with Crippen molar-refractivity contribution in [2.45, 2.75) is 31.6 Å². The number of carboxylic acid groups (broad SMARTS) is 1. The second-order valence-electron chi connectivity index (χ2n) is 5.79. The molecule has 1 heterocycles. The van der Waals surface area contributed by atoms with Gasteiger partial charge < -0.3 is 10.4 Å². The summed E-state index contributed by atoms with van der Waals surface area (Å²) in [6.07, 6.45) is 6.23. The molecule has 1 aliphatic carbocycles. The van der Waals surface area contributed by atoms with E-state index < -0.39 is 5.97 Å². The molecule has 5 nitrogen and oxygen atoms in total. The molecule has 0 bridgehead atoms. The zero-order valence-electron chi connectivity index (χ0n) is 13.1. The monoisotopic (exact) mass is 342 g/mol. The van der Waals surface area contributed by atoms with E-state index in [-0.39, 0.29) is 18.7 Å². The molecule has 0 saturated heterocycles. The number of nitrogens with one attached hydrogen (secondary N) is 1. The third-order valence-electron chi connectivity index (χ3n) is 3.69. The van der Waals surface area contributed by atoms with Gasteiger partial charge in [0.1, 0.15) is 5.01 Å². The molecule has 1 aliphatic rings. The molecule has 0 unspecified atom stereocenters. The number of anilines is 1. The van der Waals surface area contributed by atoms with Crippen LogP contribution in [0.3, 0.4) is 0 Å². The lowest BCUT2D eigenvalue weighted by Gasteiger charge is -2.05. The Morgan fingerprint density at radius 1 is 1.29 bits per heavy atom. The first-order valence-corrected chi connectivity index (χ1v) is 8.73.